The molecular weight excluding hydrogens is 675 g/mol. The lowest BCUT2D eigenvalue weighted by atomic mass is 9.98. The number of amides is 2. The average Bonchev–Trinajstić information content (AvgIpc) is 2.93. The summed E-state index contributed by atoms with van der Waals surface area (Å²) in [4.78, 5) is 31.8. The Morgan fingerprint density at radius 3 is 2.48 bits per heavy atom. The van der Waals surface area contributed by atoms with Crippen LogP contribution in [0.3, 0.4) is 0 Å². The molecule has 1 aromatic heterocycles. The van der Waals surface area contributed by atoms with E-state index in [4.69, 9.17) is 40.2 Å². The molecule has 0 aliphatic carbocycles. The number of alkyl halides is 3. The molecule has 16 heteroatoms. The van der Waals surface area contributed by atoms with E-state index in [1.807, 2.05) is 0 Å². The number of nitrogens with zero attached hydrogens (tertiary/aromatic N) is 2. The van der Waals surface area contributed by atoms with Crippen molar-refractivity contribution in [1.82, 2.24) is 15.2 Å². The Bertz CT molecular complexity index is 1680. The van der Waals surface area contributed by atoms with Gasteiger partial charge in [-0.3, -0.25) is 15.0 Å². The third kappa shape index (κ3) is 8.85. The van der Waals surface area contributed by atoms with Crippen molar-refractivity contribution < 1.29 is 37.6 Å². The van der Waals surface area contributed by atoms with Crippen LogP contribution in [-0.4, -0.2) is 69.3 Å². The minimum absolute atomic E-state index is 0.0196. The van der Waals surface area contributed by atoms with Crippen LogP contribution < -0.4 is 16.0 Å². The first-order chi connectivity index (χ1) is 21.4. The molecule has 246 valence electrons. The standard InChI is InChI=1S/C30H29Cl3F4N6O3/c1-29(2,46)14-39-11-19(26(33)38)27(44)41-17-9-16(12-43(13-17)28(45)25-20(32)4-3-5-21(25)34)40-23-10-24(30(35,36)37)42-22-7-6-15(31)8-18(22)23/h3-8,10-11,16-17,38-39,46H,9,12-14H2,1-2H3,(H,40,42)(H,41,44)/p+1/b19-11+,38-26?/t16-,17+/m1/s1. The molecule has 3 aromatic rings. The van der Waals surface area contributed by atoms with E-state index < -0.39 is 57.9 Å². The number of hydrogen-bond donors (Lipinski definition) is 5. The number of fused-ring (bicyclic) bond motifs is 1. The second kappa shape index (κ2) is 14.1. The molecule has 1 saturated heterocycles. The highest BCUT2D eigenvalue weighted by molar-refractivity contribution is 6.71. The Kier molecular flexibility index (Phi) is 10.8. The summed E-state index contributed by atoms with van der Waals surface area (Å²) in [7, 11) is 0. The smallest absolute Gasteiger partial charge is 0.385 e. The van der Waals surface area contributed by atoms with E-state index in [0.717, 1.165) is 12.1 Å². The maximum Gasteiger partial charge on any atom is 0.433 e. The number of piperidine rings is 1. The van der Waals surface area contributed by atoms with E-state index in [1.54, 1.807) is 13.8 Å². The fraction of sp³-hybridized carbons (Fsp3) is 0.333. The predicted octanol–water partition coefficient (Wildman–Crippen LogP) is 4.95. The van der Waals surface area contributed by atoms with Gasteiger partial charge in [-0.1, -0.05) is 40.9 Å². The predicted molar refractivity (Wildman–Crippen MR) is 168 cm³/mol. The summed E-state index contributed by atoms with van der Waals surface area (Å²) in [6, 6.07) is 7.17. The zero-order chi connectivity index (χ0) is 34.0. The maximum atomic E-state index is 14.8. The molecule has 0 unspecified atom stereocenters. The Morgan fingerprint density at radius 1 is 1.15 bits per heavy atom. The number of benzene rings is 2. The Hall–Kier alpha value is -3.49. The summed E-state index contributed by atoms with van der Waals surface area (Å²) in [5.74, 6) is -2.44. The van der Waals surface area contributed by atoms with E-state index in [1.165, 1.54) is 46.7 Å². The highest BCUT2D eigenvalue weighted by Gasteiger charge is 2.36. The van der Waals surface area contributed by atoms with Crippen LogP contribution in [0.2, 0.25) is 10.0 Å². The zero-order valence-electron chi connectivity index (χ0n) is 24.5. The highest BCUT2D eigenvalue weighted by atomic mass is 35.5. The minimum atomic E-state index is -4.77. The summed E-state index contributed by atoms with van der Waals surface area (Å²) in [6.45, 7) is 3.04. The average molecular weight is 705 g/mol. The number of aliphatic hydroxyl groups is 1. The Labute approximate surface area is 276 Å². The third-order valence-corrected chi connectivity index (χ3v) is 7.81. The van der Waals surface area contributed by atoms with Crippen molar-refractivity contribution in [3.8, 4) is 0 Å². The molecule has 2 amide bonds. The third-order valence-electron chi connectivity index (χ3n) is 7.05. The molecular formula is C30H30Cl3F4N6O3+. The van der Waals surface area contributed by atoms with Crippen molar-refractivity contribution in [3.05, 3.63) is 81.4 Å². The van der Waals surface area contributed by atoms with Crippen LogP contribution in [0.25, 0.3) is 10.9 Å². The van der Waals surface area contributed by atoms with Crippen LogP contribution in [0.4, 0.5) is 23.2 Å². The van der Waals surface area contributed by atoms with E-state index in [2.05, 4.69) is 15.6 Å². The molecule has 1 fully saturated rings. The normalized spacial score (nSPS) is 17.6. The van der Waals surface area contributed by atoms with Gasteiger partial charge in [0.1, 0.15) is 40.6 Å². The first kappa shape index (κ1) is 35.4. The number of rotatable bonds is 9. The van der Waals surface area contributed by atoms with Gasteiger partial charge in [-0.2, -0.15) is 13.2 Å². The number of halogens is 7. The van der Waals surface area contributed by atoms with Gasteiger partial charge >= 0.3 is 6.18 Å². The van der Waals surface area contributed by atoms with Crippen molar-refractivity contribution >= 4 is 68.4 Å². The van der Waals surface area contributed by atoms with Crippen molar-refractivity contribution in [2.75, 3.05) is 25.0 Å². The summed E-state index contributed by atoms with van der Waals surface area (Å²) in [5.41, 5.74) is -2.82. The topological polar surface area (TPSA) is 135 Å². The molecule has 0 bridgehead atoms. The molecule has 9 nitrogen and oxygen atoms in total. The summed E-state index contributed by atoms with van der Waals surface area (Å²) < 4.78 is 56.1. The summed E-state index contributed by atoms with van der Waals surface area (Å²) in [6.07, 6.45) is -3.38. The largest absolute Gasteiger partial charge is 0.433 e. The Balaban J connectivity index is 1.69. The molecule has 4 rings (SSSR count). The van der Waals surface area contributed by atoms with E-state index in [0.29, 0.717) is 0 Å². The fourth-order valence-electron chi connectivity index (χ4n) is 4.99. The number of quaternary nitrogens is 1. The first-order valence-electron chi connectivity index (χ1n) is 13.9. The van der Waals surface area contributed by atoms with E-state index in [9.17, 15) is 32.3 Å². The van der Waals surface area contributed by atoms with Gasteiger partial charge in [0.2, 0.25) is 0 Å². The zero-order valence-corrected chi connectivity index (χ0v) is 26.8. The molecule has 2 heterocycles. The number of hydrogen-bond acceptors (Lipinski definition) is 6. The molecule has 0 saturated carbocycles. The second-order valence-corrected chi connectivity index (χ2v) is 12.6. The van der Waals surface area contributed by atoms with Crippen molar-refractivity contribution in [2.24, 2.45) is 0 Å². The highest BCUT2D eigenvalue weighted by Crippen LogP contribution is 2.35. The molecule has 0 radical (unpaired) electrons. The number of likely N-dealkylation sites (tertiary alicyclic amines) is 1. The van der Waals surface area contributed by atoms with Gasteiger partial charge < -0.3 is 26.0 Å². The summed E-state index contributed by atoms with van der Waals surface area (Å²) >= 11 is 18.2. The molecule has 2 aromatic carbocycles. The van der Waals surface area contributed by atoms with Crippen LogP contribution in [0.5, 0.6) is 0 Å². The number of carbonyl (C=O) groups is 2. The molecule has 0 spiro atoms. The lowest BCUT2D eigenvalue weighted by Crippen LogP contribution is -2.82. The molecule has 6 N–H and O–H groups in total. The van der Waals surface area contributed by atoms with Gasteiger partial charge in [-0.15, -0.1) is 0 Å². The minimum Gasteiger partial charge on any atom is -0.385 e. The van der Waals surface area contributed by atoms with Crippen LogP contribution in [0.15, 0.2) is 54.2 Å². The van der Waals surface area contributed by atoms with Crippen molar-refractivity contribution in [3.63, 3.8) is 0 Å². The van der Waals surface area contributed by atoms with Crippen LogP contribution in [-0.2, 0) is 11.0 Å². The monoisotopic (exact) mass is 703 g/mol. The number of aromatic nitrogens is 1. The summed E-state index contributed by atoms with van der Waals surface area (Å²) in [5, 5.41) is 24.9. The van der Waals surface area contributed by atoms with E-state index >= 15 is 0 Å². The Morgan fingerprint density at radius 2 is 1.85 bits per heavy atom. The lowest BCUT2D eigenvalue weighted by molar-refractivity contribution is -0.602. The van der Waals surface area contributed by atoms with Gasteiger partial charge in [0.25, 0.3) is 11.8 Å². The quantitative estimate of drug-likeness (QED) is 0.122. The number of nitrogens with two attached hydrogens (primary N) is 1. The van der Waals surface area contributed by atoms with Crippen LogP contribution in [0, 0.1) is 11.2 Å². The number of pyridine rings is 1. The molecule has 1 aliphatic heterocycles. The van der Waals surface area contributed by atoms with Gasteiger partial charge in [0.05, 0.1) is 16.1 Å². The van der Waals surface area contributed by atoms with Gasteiger partial charge in [-0.05, 0) is 56.7 Å². The van der Waals surface area contributed by atoms with Gasteiger partial charge in [0, 0.05) is 41.3 Å². The molecule has 46 heavy (non-hydrogen) atoms. The fourth-order valence-corrected chi connectivity index (χ4v) is 5.56. The number of anilines is 1. The number of nitrogens with one attached hydrogen (secondary N) is 3. The lowest BCUT2D eigenvalue weighted by Gasteiger charge is -2.39. The van der Waals surface area contributed by atoms with Gasteiger partial charge in [0.15, 0.2) is 0 Å². The first-order valence-corrected chi connectivity index (χ1v) is 15.0. The van der Waals surface area contributed by atoms with Crippen LogP contribution >= 0.6 is 34.8 Å². The number of carbonyl (C=O) groups excluding carboxylic acids is 2. The van der Waals surface area contributed by atoms with E-state index in [-0.39, 0.29) is 58.3 Å². The second-order valence-electron chi connectivity index (χ2n) is 11.4. The van der Waals surface area contributed by atoms with Crippen LogP contribution in [0.1, 0.15) is 36.3 Å². The maximum absolute atomic E-state index is 14.8. The molecule has 1 aliphatic rings. The van der Waals surface area contributed by atoms with Crippen molar-refractivity contribution in [1.29, 1.82) is 5.41 Å². The van der Waals surface area contributed by atoms with Gasteiger partial charge in [-0.25, -0.2) is 9.37 Å². The SMILES string of the molecule is CC(C)(O)C[NH2+]/C=C(\C(=N)Cl)C(=O)N[C@H]1C[C@@H](Nc2cc(C(F)(F)F)nc3ccc(Cl)cc23)CN(C(=O)c2c(F)cccc2Cl)C1. The van der Waals surface area contributed by atoms with Crippen molar-refractivity contribution in [2.45, 2.75) is 44.1 Å². The molecule has 2 atom stereocenters.